The minimum atomic E-state index is 0.352. The maximum Gasteiger partial charge on any atom is 0.120 e. The van der Waals surface area contributed by atoms with E-state index in [2.05, 4.69) is 11.4 Å². The Bertz CT molecular complexity index is 652. The highest BCUT2D eigenvalue weighted by atomic mass is 35.5. The SMILES string of the molecule is Clc1cccc(Cl)c1COc1cccc(CNC[C@H]2CCCO2)c1. The van der Waals surface area contributed by atoms with E-state index >= 15 is 0 Å². The van der Waals surface area contributed by atoms with Gasteiger partial charge in [0.05, 0.1) is 6.10 Å². The van der Waals surface area contributed by atoms with Gasteiger partial charge in [0, 0.05) is 35.3 Å². The lowest BCUT2D eigenvalue weighted by Gasteiger charge is -2.12. The second kappa shape index (κ2) is 8.72. The highest BCUT2D eigenvalue weighted by Gasteiger charge is 2.14. The average molecular weight is 366 g/mol. The summed E-state index contributed by atoms with van der Waals surface area (Å²) in [4.78, 5) is 0. The molecule has 1 aliphatic rings. The molecule has 0 saturated carbocycles. The summed E-state index contributed by atoms with van der Waals surface area (Å²) in [6.07, 6.45) is 2.67. The molecule has 1 fully saturated rings. The normalized spacial score (nSPS) is 17.2. The molecule has 1 heterocycles. The highest BCUT2D eigenvalue weighted by Crippen LogP contribution is 2.26. The molecule has 0 unspecified atom stereocenters. The molecule has 0 radical (unpaired) electrons. The summed E-state index contributed by atoms with van der Waals surface area (Å²) in [6.45, 7) is 2.93. The molecule has 24 heavy (non-hydrogen) atoms. The van der Waals surface area contributed by atoms with Crippen molar-refractivity contribution in [3.63, 3.8) is 0 Å². The van der Waals surface area contributed by atoms with Crippen molar-refractivity contribution >= 4 is 23.2 Å². The lowest BCUT2D eigenvalue weighted by atomic mass is 10.2. The molecule has 0 aliphatic carbocycles. The van der Waals surface area contributed by atoms with Crippen LogP contribution in [0.1, 0.15) is 24.0 Å². The lowest BCUT2D eigenvalue weighted by Crippen LogP contribution is -2.25. The molecule has 128 valence electrons. The smallest absolute Gasteiger partial charge is 0.120 e. The Morgan fingerprint density at radius 2 is 1.92 bits per heavy atom. The zero-order chi connectivity index (χ0) is 16.8. The van der Waals surface area contributed by atoms with Gasteiger partial charge in [-0.2, -0.15) is 0 Å². The third-order valence-corrected chi connectivity index (χ3v) is 4.78. The van der Waals surface area contributed by atoms with Crippen LogP contribution in [0.3, 0.4) is 0 Å². The summed E-state index contributed by atoms with van der Waals surface area (Å²) in [7, 11) is 0. The summed E-state index contributed by atoms with van der Waals surface area (Å²) in [5.41, 5.74) is 1.98. The van der Waals surface area contributed by atoms with Gasteiger partial charge in [0.25, 0.3) is 0 Å². The highest BCUT2D eigenvalue weighted by molar-refractivity contribution is 6.35. The van der Waals surface area contributed by atoms with E-state index in [1.54, 1.807) is 0 Å². The molecule has 3 nitrogen and oxygen atoms in total. The van der Waals surface area contributed by atoms with Crippen molar-refractivity contribution < 1.29 is 9.47 Å². The molecule has 1 N–H and O–H groups in total. The predicted molar refractivity (Wildman–Crippen MR) is 97.9 cm³/mol. The third kappa shape index (κ3) is 4.87. The van der Waals surface area contributed by atoms with Gasteiger partial charge in [0.2, 0.25) is 0 Å². The van der Waals surface area contributed by atoms with E-state index in [0.29, 0.717) is 22.8 Å². The zero-order valence-electron chi connectivity index (χ0n) is 13.4. The first kappa shape index (κ1) is 17.6. The van der Waals surface area contributed by atoms with Crippen molar-refractivity contribution in [1.29, 1.82) is 0 Å². The lowest BCUT2D eigenvalue weighted by molar-refractivity contribution is 0.110. The summed E-state index contributed by atoms with van der Waals surface area (Å²) in [5.74, 6) is 0.808. The molecule has 0 amide bonds. The molecule has 5 heteroatoms. The zero-order valence-corrected chi connectivity index (χ0v) is 14.9. The first-order chi connectivity index (χ1) is 11.7. The number of hydrogen-bond acceptors (Lipinski definition) is 3. The Morgan fingerprint density at radius 1 is 1.12 bits per heavy atom. The van der Waals surface area contributed by atoms with E-state index in [9.17, 15) is 0 Å². The van der Waals surface area contributed by atoms with Crippen molar-refractivity contribution in [3.05, 3.63) is 63.6 Å². The summed E-state index contributed by atoms with van der Waals surface area (Å²) >= 11 is 12.3. The molecule has 0 spiro atoms. The third-order valence-electron chi connectivity index (χ3n) is 4.07. The van der Waals surface area contributed by atoms with Crippen molar-refractivity contribution in [2.45, 2.75) is 32.1 Å². The van der Waals surface area contributed by atoms with Crippen LogP contribution in [0, 0.1) is 0 Å². The molecule has 3 rings (SSSR count). The quantitative estimate of drug-likeness (QED) is 0.761. The van der Waals surface area contributed by atoms with E-state index in [1.807, 2.05) is 36.4 Å². The van der Waals surface area contributed by atoms with Gasteiger partial charge in [-0.1, -0.05) is 41.4 Å². The maximum absolute atomic E-state index is 6.17. The molecule has 0 bridgehead atoms. The molecule has 1 aliphatic heterocycles. The van der Waals surface area contributed by atoms with Gasteiger partial charge < -0.3 is 14.8 Å². The Labute approximate surface area is 152 Å². The number of ether oxygens (including phenoxy) is 2. The minimum Gasteiger partial charge on any atom is -0.489 e. The van der Waals surface area contributed by atoms with Gasteiger partial charge >= 0.3 is 0 Å². The molecule has 1 atom stereocenters. The topological polar surface area (TPSA) is 30.5 Å². The van der Waals surface area contributed by atoms with Gasteiger partial charge in [-0.15, -0.1) is 0 Å². The summed E-state index contributed by atoms with van der Waals surface area (Å²) in [5, 5.41) is 4.68. The van der Waals surface area contributed by atoms with E-state index in [1.165, 1.54) is 12.0 Å². The number of rotatable bonds is 7. The Morgan fingerprint density at radius 3 is 2.67 bits per heavy atom. The van der Waals surface area contributed by atoms with Crippen molar-refractivity contribution in [2.75, 3.05) is 13.2 Å². The summed E-state index contributed by atoms with van der Waals surface area (Å²) < 4.78 is 11.5. The number of benzene rings is 2. The van der Waals surface area contributed by atoms with Gasteiger partial charge in [-0.25, -0.2) is 0 Å². The summed E-state index contributed by atoms with van der Waals surface area (Å²) in [6, 6.07) is 13.5. The molecule has 2 aromatic rings. The Balaban J connectivity index is 1.53. The molecule has 1 saturated heterocycles. The molecule has 2 aromatic carbocycles. The van der Waals surface area contributed by atoms with E-state index in [4.69, 9.17) is 32.7 Å². The second-order valence-electron chi connectivity index (χ2n) is 5.90. The predicted octanol–water partition coefficient (Wildman–Crippen LogP) is 4.84. The van der Waals surface area contributed by atoms with Crippen LogP contribution in [0.4, 0.5) is 0 Å². The van der Waals surface area contributed by atoms with E-state index in [-0.39, 0.29) is 0 Å². The van der Waals surface area contributed by atoms with Crippen molar-refractivity contribution in [1.82, 2.24) is 5.32 Å². The van der Waals surface area contributed by atoms with Crippen molar-refractivity contribution in [2.24, 2.45) is 0 Å². The fourth-order valence-electron chi connectivity index (χ4n) is 2.75. The second-order valence-corrected chi connectivity index (χ2v) is 6.72. The maximum atomic E-state index is 6.17. The van der Waals surface area contributed by atoms with Crippen LogP contribution in [0.25, 0.3) is 0 Å². The Kier molecular flexibility index (Phi) is 6.38. The van der Waals surface area contributed by atoms with E-state index in [0.717, 1.165) is 37.4 Å². The molecular formula is C19H21Cl2NO2. The van der Waals surface area contributed by atoms with Gasteiger partial charge in [-0.05, 0) is 42.7 Å². The fourth-order valence-corrected chi connectivity index (χ4v) is 3.26. The monoisotopic (exact) mass is 365 g/mol. The van der Waals surface area contributed by atoms with Crippen LogP contribution in [0.5, 0.6) is 5.75 Å². The van der Waals surface area contributed by atoms with E-state index < -0.39 is 0 Å². The first-order valence-corrected chi connectivity index (χ1v) is 8.95. The van der Waals surface area contributed by atoms with Crippen LogP contribution in [0.15, 0.2) is 42.5 Å². The fraction of sp³-hybridized carbons (Fsp3) is 0.368. The van der Waals surface area contributed by atoms with Crippen LogP contribution >= 0.6 is 23.2 Å². The van der Waals surface area contributed by atoms with Crippen molar-refractivity contribution in [3.8, 4) is 5.75 Å². The van der Waals surface area contributed by atoms with Gasteiger partial charge in [0.1, 0.15) is 12.4 Å². The van der Waals surface area contributed by atoms with Gasteiger partial charge in [-0.3, -0.25) is 0 Å². The number of hydrogen-bond donors (Lipinski definition) is 1. The van der Waals surface area contributed by atoms with Gasteiger partial charge in [0.15, 0.2) is 0 Å². The largest absolute Gasteiger partial charge is 0.489 e. The Hall–Kier alpha value is -1.26. The minimum absolute atomic E-state index is 0.352. The van der Waals surface area contributed by atoms with Crippen LogP contribution in [-0.2, 0) is 17.9 Å². The molecule has 0 aromatic heterocycles. The first-order valence-electron chi connectivity index (χ1n) is 8.19. The number of halogens is 2. The van der Waals surface area contributed by atoms with Crippen LogP contribution < -0.4 is 10.1 Å². The molecular weight excluding hydrogens is 345 g/mol. The van der Waals surface area contributed by atoms with Crippen LogP contribution in [-0.4, -0.2) is 19.3 Å². The number of nitrogens with one attached hydrogen (secondary N) is 1. The average Bonchev–Trinajstić information content (AvgIpc) is 3.08. The van der Waals surface area contributed by atoms with Crippen LogP contribution in [0.2, 0.25) is 10.0 Å². The standard InChI is InChI=1S/C19H21Cl2NO2/c20-18-7-2-8-19(21)17(18)13-24-15-5-1-4-14(10-15)11-22-12-16-6-3-9-23-16/h1-2,4-5,7-8,10,16,22H,3,6,9,11-13H2/t16-/m1/s1.